The molecule has 1 unspecified atom stereocenters. The fourth-order valence-electron chi connectivity index (χ4n) is 2.30. The number of para-hydroxylation sites is 2. The first-order valence-electron chi connectivity index (χ1n) is 6.06. The van der Waals surface area contributed by atoms with Crippen LogP contribution in [0.25, 0.3) is 16.6 Å². The molecule has 2 aromatic rings. The minimum Gasteiger partial charge on any atom is -0.327 e. The predicted molar refractivity (Wildman–Crippen MR) is 71.6 cm³/mol. The van der Waals surface area contributed by atoms with Crippen LogP contribution in [0.1, 0.15) is 19.2 Å². The van der Waals surface area contributed by atoms with E-state index < -0.39 is 0 Å². The minimum atomic E-state index is 0.647. The topological polar surface area (TPSA) is 17.8 Å². The Morgan fingerprint density at radius 2 is 2.12 bits per heavy atom. The first kappa shape index (κ1) is 10.3. The number of rotatable bonds is 1. The van der Waals surface area contributed by atoms with Crippen LogP contribution >= 0.6 is 0 Å². The van der Waals surface area contributed by atoms with Crippen molar-refractivity contribution in [3.63, 3.8) is 0 Å². The maximum absolute atomic E-state index is 4.70. The average molecular weight is 224 g/mol. The summed E-state index contributed by atoms with van der Waals surface area (Å²) in [4.78, 5) is 4.70. The number of fused-ring (bicyclic) bond motifs is 1. The first-order valence-corrected chi connectivity index (χ1v) is 6.06. The smallest absolute Gasteiger partial charge is 0.140 e. The standard InChI is InChI=1S/C15H16N2/c1-11-7-9-12(10-8-11)15-16-13-5-3-4-6-14(13)17(15)2/h3-7,9-11H,8H2,1-2H3. The van der Waals surface area contributed by atoms with Crippen molar-refractivity contribution in [2.24, 2.45) is 13.0 Å². The van der Waals surface area contributed by atoms with Crippen molar-refractivity contribution in [3.8, 4) is 0 Å². The number of allylic oxidation sites excluding steroid dienone is 4. The van der Waals surface area contributed by atoms with Crippen molar-refractivity contribution < 1.29 is 0 Å². The molecule has 0 saturated carbocycles. The van der Waals surface area contributed by atoms with Crippen LogP contribution in [0.2, 0.25) is 0 Å². The van der Waals surface area contributed by atoms with E-state index in [1.54, 1.807) is 0 Å². The zero-order chi connectivity index (χ0) is 11.8. The molecule has 17 heavy (non-hydrogen) atoms. The summed E-state index contributed by atoms with van der Waals surface area (Å²) in [6.45, 7) is 2.23. The molecule has 1 atom stereocenters. The highest BCUT2D eigenvalue weighted by Crippen LogP contribution is 2.25. The van der Waals surface area contributed by atoms with Gasteiger partial charge in [0.25, 0.3) is 0 Å². The van der Waals surface area contributed by atoms with E-state index in [9.17, 15) is 0 Å². The normalized spacial score (nSPS) is 19.6. The molecule has 1 aliphatic rings. The van der Waals surface area contributed by atoms with Gasteiger partial charge in [-0.25, -0.2) is 4.98 Å². The van der Waals surface area contributed by atoms with Crippen LogP contribution in [0.5, 0.6) is 0 Å². The zero-order valence-electron chi connectivity index (χ0n) is 10.2. The van der Waals surface area contributed by atoms with Crippen molar-refractivity contribution >= 4 is 16.6 Å². The maximum atomic E-state index is 4.70. The molecule has 1 heterocycles. The van der Waals surface area contributed by atoms with E-state index in [-0.39, 0.29) is 0 Å². The Balaban J connectivity index is 2.13. The second-order valence-electron chi connectivity index (χ2n) is 4.71. The van der Waals surface area contributed by atoms with Crippen molar-refractivity contribution in [1.29, 1.82) is 0 Å². The molecule has 1 aromatic heterocycles. The molecule has 86 valence electrons. The quantitative estimate of drug-likeness (QED) is 0.724. The number of hydrogen-bond donors (Lipinski definition) is 0. The van der Waals surface area contributed by atoms with Crippen LogP contribution in [0, 0.1) is 5.92 Å². The third-order valence-electron chi connectivity index (χ3n) is 3.36. The summed E-state index contributed by atoms with van der Waals surface area (Å²) in [7, 11) is 2.08. The van der Waals surface area contributed by atoms with E-state index in [1.165, 1.54) is 11.1 Å². The highest BCUT2D eigenvalue weighted by atomic mass is 15.1. The number of nitrogens with zero attached hydrogens (tertiary/aromatic N) is 2. The predicted octanol–water partition coefficient (Wildman–Crippen LogP) is 3.55. The van der Waals surface area contributed by atoms with Gasteiger partial charge < -0.3 is 4.57 Å². The number of imidazole rings is 1. The van der Waals surface area contributed by atoms with E-state index in [4.69, 9.17) is 4.98 Å². The van der Waals surface area contributed by atoms with Crippen LogP contribution in [0.4, 0.5) is 0 Å². The molecule has 3 rings (SSSR count). The second kappa shape index (κ2) is 3.88. The van der Waals surface area contributed by atoms with Crippen LogP contribution < -0.4 is 0 Å². The SMILES string of the molecule is CC1C=CC(c2nc3ccccc3n2C)=CC1. The summed E-state index contributed by atoms with van der Waals surface area (Å²) in [6, 6.07) is 8.27. The minimum absolute atomic E-state index is 0.647. The molecule has 0 N–H and O–H groups in total. The lowest BCUT2D eigenvalue weighted by Gasteiger charge is -2.11. The van der Waals surface area contributed by atoms with E-state index in [0.717, 1.165) is 17.8 Å². The van der Waals surface area contributed by atoms with Gasteiger partial charge in [-0.15, -0.1) is 0 Å². The van der Waals surface area contributed by atoms with E-state index in [2.05, 4.69) is 55.0 Å². The molecule has 0 aliphatic heterocycles. The molecule has 0 fully saturated rings. The van der Waals surface area contributed by atoms with Crippen LogP contribution in [-0.2, 0) is 7.05 Å². The van der Waals surface area contributed by atoms with Gasteiger partial charge >= 0.3 is 0 Å². The Morgan fingerprint density at radius 1 is 1.29 bits per heavy atom. The lowest BCUT2D eigenvalue weighted by atomic mass is 9.98. The molecule has 2 heteroatoms. The molecule has 0 bridgehead atoms. The van der Waals surface area contributed by atoms with Gasteiger partial charge in [-0.2, -0.15) is 0 Å². The van der Waals surface area contributed by atoms with E-state index >= 15 is 0 Å². The van der Waals surface area contributed by atoms with Crippen molar-refractivity contribution in [1.82, 2.24) is 9.55 Å². The molecular formula is C15H16N2. The van der Waals surface area contributed by atoms with Crippen molar-refractivity contribution in [2.75, 3.05) is 0 Å². The fraction of sp³-hybridized carbons (Fsp3) is 0.267. The van der Waals surface area contributed by atoms with E-state index in [0.29, 0.717) is 5.92 Å². The summed E-state index contributed by atoms with van der Waals surface area (Å²) < 4.78 is 2.17. The van der Waals surface area contributed by atoms with Crippen LogP contribution in [0.15, 0.2) is 42.5 Å². The zero-order valence-corrected chi connectivity index (χ0v) is 10.2. The number of aromatic nitrogens is 2. The van der Waals surface area contributed by atoms with Gasteiger partial charge in [0.1, 0.15) is 5.82 Å². The number of hydrogen-bond acceptors (Lipinski definition) is 1. The third-order valence-corrected chi connectivity index (χ3v) is 3.36. The third kappa shape index (κ3) is 1.70. The molecular weight excluding hydrogens is 208 g/mol. The largest absolute Gasteiger partial charge is 0.327 e. The highest BCUT2D eigenvalue weighted by molar-refractivity contribution is 5.82. The summed E-state index contributed by atoms with van der Waals surface area (Å²) in [5.41, 5.74) is 3.50. The molecule has 0 radical (unpaired) electrons. The average Bonchev–Trinajstić information content (AvgIpc) is 2.69. The first-order chi connectivity index (χ1) is 8.25. The number of aryl methyl sites for hydroxylation is 1. The van der Waals surface area contributed by atoms with Gasteiger partial charge in [0.15, 0.2) is 0 Å². The summed E-state index contributed by atoms with van der Waals surface area (Å²) in [5, 5.41) is 0. The fourth-order valence-corrected chi connectivity index (χ4v) is 2.30. The Bertz CT molecular complexity index is 617. The summed E-state index contributed by atoms with van der Waals surface area (Å²) in [6.07, 6.45) is 7.84. The lowest BCUT2D eigenvalue weighted by Crippen LogP contribution is -2.00. The molecule has 2 nitrogen and oxygen atoms in total. The Morgan fingerprint density at radius 3 is 2.82 bits per heavy atom. The van der Waals surface area contributed by atoms with Crippen LogP contribution in [0.3, 0.4) is 0 Å². The van der Waals surface area contributed by atoms with Gasteiger partial charge in [-0.05, 0) is 24.5 Å². The van der Waals surface area contributed by atoms with Crippen molar-refractivity contribution in [3.05, 3.63) is 48.3 Å². The number of benzene rings is 1. The molecule has 0 amide bonds. The maximum Gasteiger partial charge on any atom is 0.140 e. The van der Waals surface area contributed by atoms with Gasteiger partial charge in [-0.3, -0.25) is 0 Å². The summed E-state index contributed by atoms with van der Waals surface area (Å²) in [5.74, 6) is 1.71. The van der Waals surface area contributed by atoms with Crippen molar-refractivity contribution in [2.45, 2.75) is 13.3 Å². The molecule has 1 aliphatic carbocycles. The second-order valence-corrected chi connectivity index (χ2v) is 4.71. The van der Waals surface area contributed by atoms with Gasteiger partial charge in [0, 0.05) is 12.6 Å². The Kier molecular flexibility index (Phi) is 2.36. The lowest BCUT2D eigenvalue weighted by molar-refractivity contribution is 0.737. The summed E-state index contributed by atoms with van der Waals surface area (Å²) >= 11 is 0. The van der Waals surface area contributed by atoms with E-state index in [1.807, 2.05) is 6.07 Å². The monoisotopic (exact) mass is 224 g/mol. The Labute approximate surface area is 101 Å². The van der Waals surface area contributed by atoms with Gasteiger partial charge in [0.2, 0.25) is 0 Å². The van der Waals surface area contributed by atoms with Crippen LogP contribution in [-0.4, -0.2) is 9.55 Å². The molecule has 0 saturated heterocycles. The van der Waals surface area contributed by atoms with Gasteiger partial charge in [0.05, 0.1) is 11.0 Å². The van der Waals surface area contributed by atoms with Gasteiger partial charge in [-0.1, -0.05) is 37.3 Å². The molecule has 0 spiro atoms. The molecule has 1 aromatic carbocycles. The Hall–Kier alpha value is -1.83. The highest BCUT2D eigenvalue weighted by Gasteiger charge is 2.12.